The average molecular weight is 1140 g/mol. The van der Waals surface area contributed by atoms with Gasteiger partial charge in [-0.1, -0.05) is 374 Å². The maximum absolute atomic E-state index is 12.9. The summed E-state index contributed by atoms with van der Waals surface area (Å²) in [6.45, 7) is 16.0. The number of unbranched alkanes of at least 4 members (excludes halogenated alkanes) is 54. The van der Waals surface area contributed by atoms with Crippen LogP contribution in [0.5, 0.6) is 0 Å². The summed E-state index contributed by atoms with van der Waals surface area (Å²) >= 11 is 0. The van der Waals surface area contributed by atoms with Crippen LogP contribution >= 0.6 is 0 Å². The maximum atomic E-state index is 12.9. The van der Waals surface area contributed by atoms with Gasteiger partial charge >= 0.3 is 11.9 Å². The number of rotatable bonds is 72. The van der Waals surface area contributed by atoms with Gasteiger partial charge in [0, 0.05) is 25.9 Å². The van der Waals surface area contributed by atoms with Gasteiger partial charge in [0.2, 0.25) is 0 Å². The summed E-state index contributed by atoms with van der Waals surface area (Å²) in [5.41, 5.74) is 0. The molecule has 0 radical (unpaired) electrons. The fourth-order valence-corrected chi connectivity index (χ4v) is 12.3. The molecular formula is C75H150N2O4. The molecule has 0 bridgehead atoms. The second kappa shape index (κ2) is 71.3. The van der Waals surface area contributed by atoms with Gasteiger partial charge < -0.3 is 14.4 Å². The van der Waals surface area contributed by atoms with E-state index in [0.717, 1.165) is 45.2 Å². The molecule has 0 aliphatic rings. The molecule has 6 nitrogen and oxygen atoms in total. The lowest BCUT2D eigenvalue weighted by Crippen LogP contribution is -2.35. The first kappa shape index (κ1) is 79.9. The first-order valence-electron chi connectivity index (χ1n) is 37.8. The molecule has 0 fully saturated rings. The van der Waals surface area contributed by atoms with Gasteiger partial charge in [0.05, 0.1) is 0 Å². The molecule has 0 unspecified atom stereocenters. The molecule has 0 N–H and O–H groups in total. The Bertz CT molecular complexity index is 1100. The van der Waals surface area contributed by atoms with E-state index in [0.29, 0.717) is 39.1 Å². The first-order valence-corrected chi connectivity index (χ1v) is 37.8. The Balaban J connectivity index is 4.98. The number of carbonyl (C=O) groups is 2. The van der Waals surface area contributed by atoms with Gasteiger partial charge in [0.25, 0.3) is 0 Å². The molecule has 0 aromatic heterocycles. The fraction of sp³-hybridized carbons (Fsp3) is 0.973. The second-order valence-electron chi connectivity index (χ2n) is 26.1. The second-order valence-corrected chi connectivity index (χ2v) is 26.1. The lowest BCUT2D eigenvalue weighted by molar-refractivity contribution is -0.144. The molecule has 81 heavy (non-hydrogen) atoms. The first-order chi connectivity index (χ1) is 40.1. The molecule has 0 heterocycles. The highest BCUT2D eigenvalue weighted by atomic mass is 16.5. The Labute approximate surface area is 510 Å². The van der Waals surface area contributed by atoms with Crippen molar-refractivity contribution in [2.24, 2.45) is 0 Å². The number of hydrogen-bond donors (Lipinski definition) is 0. The average Bonchev–Trinajstić information content (AvgIpc) is 3.46. The van der Waals surface area contributed by atoms with Crippen molar-refractivity contribution in [1.82, 2.24) is 9.80 Å². The van der Waals surface area contributed by atoms with E-state index in [1.165, 1.54) is 360 Å². The van der Waals surface area contributed by atoms with E-state index in [4.69, 9.17) is 9.47 Å². The highest BCUT2D eigenvalue weighted by molar-refractivity contribution is 5.69. The molecule has 0 saturated heterocycles. The highest BCUT2D eigenvalue weighted by Crippen LogP contribution is 2.19. The zero-order valence-corrected chi connectivity index (χ0v) is 56.3. The van der Waals surface area contributed by atoms with Crippen LogP contribution in [0.4, 0.5) is 0 Å². The summed E-state index contributed by atoms with van der Waals surface area (Å²) in [4.78, 5) is 30.9. The summed E-state index contributed by atoms with van der Waals surface area (Å²) in [6, 6.07) is 0. The monoisotopic (exact) mass is 1140 g/mol. The fourth-order valence-electron chi connectivity index (χ4n) is 12.3. The molecule has 0 aliphatic carbocycles. The van der Waals surface area contributed by atoms with Crippen molar-refractivity contribution in [3.05, 3.63) is 0 Å². The van der Waals surface area contributed by atoms with E-state index < -0.39 is 0 Å². The van der Waals surface area contributed by atoms with Crippen molar-refractivity contribution in [1.29, 1.82) is 0 Å². The van der Waals surface area contributed by atoms with Gasteiger partial charge in [0.1, 0.15) is 13.2 Å². The van der Waals surface area contributed by atoms with E-state index in [1.54, 1.807) is 0 Å². The van der Waals surface area contributed by atoms with Crippen LogP contribution in [0, 0.1) is 0 Å². The van der Waals surface area contributed by atoms with Crippen LogP contribution in [0.2, 0.25) is 0 Å². The summed E-state index contributed by atoms with van der Waals surface area (Å²) in [7, 11) is 0. The quantitative estimate of drug-likeness (QED) is 0.0447. The third-order valence-electron chi connectivity index (χ3n) is 17.9. The van der Waals surface area contributed by atoms with Gasteiger partial charge in [-0.15, -0.1) is 0 Å². The molecule has 0 aromatic rings. The Hall–Kier alpha value is -1.14. The van der Waals surface area contributed by atoms with Crippen LogP contribution in [0.15, 0.2) is 0 Å². The molecule has 0 rings (SSSR count). The Morgan fingerprint density at radius 3 is 0.568 bits per heavy atom. The van der Waals surface area contributed by atoms with Gasteiger partial charge in [-0.05, 0) is 58.3 Å². The zero-order chi connectivity index (χ0) is 58.5. The number of ether oxygens (including phenoxy) is 2. The van der Waals surface area contributed by atoms with Crippen molar-refractivity contribution in [3.63, 3.8) is 0 Å². The van der Waals surface area contributed by atoms with Gasteiger partial charge in [-0.3, -0.25) is 14.5 Å². The van der Waals surface area contributed by atoms with Gasteiger partial charge in [-0.25, -0.2) is 0 Å². The number of nitrogens with zero attached hydrogens (tertiary/aromatic N) is 2. The maximum Gasteiger partial charge on any atom is 0.305 e. The molecule has 6 heteroatoms. The van der Waals surface area contributed by atoms with Crippen molar-refractivity contribution >= 4 is 11.9 Å². The van der Waals surface area contributed by atoms with Crippen molar-refractivity contribution in [2.75, 3.05) is 52.5 Å². The molecule has 0 aliphatic heterocycles. The van der Waals surface area contributed by atoms with E-state index in [1.807, 2.05) is 0 Å². The predicted molar refractivity (Wildman–Crippen MR) is 359 cm³/mol. The molecule has 484 valence electrons. The molecule has 0 atom stereocenters. The Kier molecular flexibility index (Phi) is 70.3. The number of hydrogen-bond acceptors (Lipinski definition) is 6. The van der Waals surface area contributed by atoms with Crippen molar-refractivity contribution < 1.29 is 19.1 Å². The van der Waals surface area contributed by atoms with Gasteiger partial charge in [-0.2, -0.15) is 0 Å². The van der Waals surface area contributed by atoms with Crippen LogP contribution in [0.25, 0.3) is 0 Å². The SMILES string of the molecule is CCCCCCCCCCCCCCCCCCN(CCCCCCCCCCCCCCCCCC)CCCN(CCOC(=O)CCCCCCCCCCCCCCC)CCOC(=O)CCCCCCCCCCCCCCC. The zero-order valence-electron chi connectivity index (χ0n) is 56.3. The molecule has 0 amide bonds. The topological polar surface area (TPSA) is 59.1 Å². The number of carbonyl (C=O) groups excluding carboxylic acids is 2. The van der Waals surface area contributed by atoms with Gasteiger partial charge in [0.15, 0.2) is 0 Å². The van der Waals surface area contributed by atoms with E-state index in [-0.39, 0.29) is 11.9 Å². The van der Waals surface area contributed by atoms with Crippen LogP contribution < -0.4 is 0 Å². The molecule has 0 spiro atoms. The lowest BCUT2D eigenvalue weighted by Gasteiger charge is -2.26. The summed E-state index contributed by atoms with van der Waals surface area (Å²) in [6.07, 6.45) is 81.4. The summed E-state index contributed by atoms with van der Waals surface area (Å²) in [5, 5.41) is 0. The molecular weight excluding hydrogens is 993 g/mol. The third kappa shape index (κ3) is 67.9. The summed E-state index contributed by atoms with van der Waals surface area (Å²) in [5.74, 6) is -0.0999. The molecule has 0 saturated carbocycles. The van der Waals surface area contributed by atoms with Crippen LogP contribution in [-0.4, -0.2) is 74.2 Å². The minimum Gasteiger partial charge on any atom is -0.464 e. The minimum atomic E-state index is -0.0500. The van der Waals surface area contributed by atoms with Crippen LogP contribution in [-0.2, 0) is 19.1 Å². The number of esters is 2. The van der Waals surface area contributed by atoms with Crippen LogP contribution in [0.3, 0.4) is 0 Å². The highest BCUT2D eigenvalue weighted by Gasteiger charge is 2.13. The van der Waals surface area contributed by atoms with Crippen LogP contribution in [0.1, 0.15) is 419 Å². The normalized spacial score (nSPS) is 11.7. The van der Waals surface area contributed by atoms with E-state index in [2.05, 4.69) is 37.5 Å². The van der Waals surface area contributed by atoms with E-state index in [9.17, 15) is 9.59 Å². The standard InChI is InChI=1S/C75H150N2O4/c1-5-9-13-17-21-25-29-33-35-37-41-45-49-53-57-61-66-76(67-62-58-54-50-46-42-38-36-34-30-26-22-18-14-10-6-2)68-63-69-77(70-72-80-74(78)64-59-55-51-47-43-39-31-27-23-19-15-11-7-3)71-73-81-75(79)65-60-56-52-48-44-40-32-28-24-20-16-12-8-4/h5-73H2,1-4H3. The smallest absolute Gasteiger partial charge is 0.305 e. The minimum absolute atomic E-state index is 0.0500. The third-order valence-corrected chi connectivity index (χ3v) is 17.9. The predicted octanol–water partition coefficient (Wildman–Crippen LogP) is 24.6. The summed E-state index contributed by atoms with van der Waals surface area (Å²) < 4.78 is 11.7. The lowest BCUT2D eigenvalue weighted by atomic mass is 10.0. The molecule has 0 aromatic carbocycles. The van der Waals surface area contributed by atoms with Crippen molar-refractivity contribution in [3.8, 4) is 0 Å². The Morgan fingerprint density at radius 1 is 0.198 bits per heavy atom. The van der Waals surface area contributed by atoms with E-state index >= 15 is 0 Å². The van der Waals surface area contributed by atoms with Crippen molar-refractivity contribution in [2.45, 2.75) is 419 Å². The largest absolute Gasteiger partial charge is 0.464 e. The Morgan fingerprint density at radius 2 is 0.358 bits per heavy atom.